The highest BCUT2D eigenvalue weighted by Gasteiger charge is 2.36. The number of hydrogen-bond donors (Lipinski definition) is 1. The lowest BCUT2D eigenvalue weighted by atomic mass is 10.0. The highest BCUT2D eigenvalue weighted by molar-refractivity contribution is 7.89. The van der Waals surface area contributed by atoms with Crippen LogP contribution < -0.4 is 4.72 Å². The summed E-state index contributed by atoms with van der Waals surface area (Å²) in [5.74, 6) is 0.404. The Hall–Kier alpha value is -1.93. The van der Waals surface area contributed by atoms with Crippen molar-refractivity contribution < 1.29 is 18.0 Å². The molecule has 2 amide bonds. The predicted octanol–water partition coefficient (Wildman–Crippen LogP) is 3.94. The van der Waals surface area contributed by atoms with E-state index in [1.807, 2.05) is 44.7 Å². The number of hydrogen-bond acceptors (Lipinski definition) is 4. The third-order valence-electron chi connectivity index (χ3n) is 7.59. The van der Waals surface area contributed by atoms with Gasteiger partial charge in [-0.3, -0.25) is 9.59 Å². The second-order valence-electron chi connectivity index (χ2n) is 11.0. The molecule has 2 fully saturated rings. The first-order chi connectivity index (χ1) is 16.4. The Morgan fingerprint density at radius 3 is 2.20 bits per heavy atom. The van der Waals surface area contributed by atoms with Crippen molar-refractivity contribution in [3.05, 3.63) is 28.8 Å². The van der Waals surface area contributed by atoms with E-state index in [0.29, 0.717) is 43.1 Å². The maximum atomic E-state index is 13.5. The number of piperazine rings is 1. The van der Waals surface area contributed by atoms with Gasteiger partial charge in [0, 0.05) is 32.1 Å². The number of carbonyl (C=O) groups excluding carboxylic acids is 2. The van der Waals surface area contributed by atoms with Gasteiger partial charge in [0.15, 0.2) is 0 Å². The fourth-order valence-corrected chi connectivity index (χ4v) is 7.57. The maximum Gasteiger partial charge on any atom is 0.241 e. The van der Waals surface area contributed by atoms with Crippen molar-refractivity contribution in [2.75, 3.05) is 19.6 Å². The van der Waals surface area contributed by atoms with Crippen LogP contribution in [0.1, 0.15) is 76.0 Å². The molecule has 3 rings (SSSR count). The van der Waals surface area contributed by atoms with Crippen LogP contribution in [-0.2, 0) is 19.6 Å². The molecule has 1 N–H and O–H groups in total. The minimum absolute atomic E-state index is 0.0882. The van der Waals surface area contributed by atoms with Gasteiger partial charge in [0.2, 0.25) is 21.8 Å². The molecule has 0 spiro atoms. The van der Waals surface area contributed by atoms with E-state index in [1.54, 1.807) is 18.7 Å². The lowest BCUT2D eigenvalue weighted by Crippen LogP contribution is -2.59. The fraction of sp³-hybridized carbons (Fsp3) is 0.704. The number of sulfonamides is 1. The number of rotatable bonds is 8. The van der Waals surface area contributed by atoms with Crippen molar-refractivity contribution >= 4 is 21.8 Å². The quantitative estimate of drug-likeness (QED) is 0.580. The van der Waals surface area contributed by atoms with Gasteiger partial charge in [-0.2, -0.15) is 4.72 Å². The van der Waals surface area contributed by atoms with Crippen LogP contribution in [0.2, 0.25) is 0 Å². The van der Waals surface area contributed by atoms with Gasteiger partial charge < -0.3 is 9.80 Å². The molecule has 35 heavy (non-hydrogen) atoms. The van der Waals surface area contributed by atoms with Crippen molar-refractivity contribution in [2.45, 2.75) is 97.0 Å². The summed E-state index contributed by atoms with van der Waals surface area (Å²) in [6.45, 7) is 12.5. The average Bonchev–Trinajstić information content (AvgIpc) is 3.28. The van der Waals surface area contributed by atoms with Gasteiger partial charge in [-0.15, -0.1) is 0 Å². The van der Waals surface area contributed by atoms with Crippen molar-refractivity contribution in [1.29, 1.82) is 0 Å². The Labute approximate surface area is 211 Å². The molecule has 1 aromatic carbocycles. The molecule has 1 aliphatic carbocycles. The average molecular weight is 506 g/mol. The van der Waals surface area contributed by atoms with Crippen molar-refractivity contribution in [2.24, 2.45) is 11.8 Å². The summed E-state index contributed by atoms with van der Waals surface area (Å²) in [6.07, 6.45) is 6.56. The molecular weight excluding hydrogens is 462 g/mol. The van der Waals surface area contributed by atoms with Crippen LogP contribution in [0.15, 0.2) is 17.0 Å². The highest BCUT2D eigenvalue weighted by atomic mass is 32.2. The van der Waals surface area contributed by atoms with Crippen LogP contribution in [0.3, 0.4) is 0 Å². The second-order valence-corrected chi connectivity index (χ2v) is 12.6. The molecule has 2 unspecified atom stereocenters. The zero-order valence-corrected chi connectivity index (χ0v) is 23.1. The van der Waals surface area contributed by atoms with Gasteiger partial charge in [0.05, 0.1) is 4.90 Å². The Kier molecular flexibility index (Phi) is 9.02. The number of benzene rings is 1. The van der Waals surface area contributed by atoms with Crippen LogP contribution in [0.5, 0.6) is 0 Å². The largest absolute Gasteiger partial charge is 0.337 e. The number of nitrogens with zero attached hydrogens (tertiary/aromatic N) is 2. The summed E-state index contributed by atoms with van der Waals surface area (Å²) in [7, 11) is -3.88. The minimum atomic E-state index is -3.88. The summed E-state index contributed by atoms with van der Waals surface area (Å²) in [4.78, 5) is 30.2. The van der Waals surface area contributed by atoms with E-state index in [1.165, 1.54) is 25.7 Å². The van der Waals surface area contributed by atoms with E-state index in [-0.39, 0.29) is 28.7 Å². The summed E-state index contributed by atoms with van der Waals surface area (Å²) >= 11 is 0. The van der Waals surface area contributed by atoms with Crippen LogP contribution in [-0.4, -0.2) is 61.7 Å². The highest BCUT2D eigenvalue weighted by Crippen LogP contribution is 2.29. The molecular formula is C27H43N3O4S. The molecule has 196 valence electrons. The normalized spacial score (nSPS) is 20.5. The van der Waals surface area contributed by atoms with Gasteiger partial charge >= 0.3 is 0 Å². The zero-order chi connectivity index (χ0) is 25.9. The lowest BCUT2D eigenvalue weighted by molar-refractivity contribution is -0.144. The minimum Gasteiger partial charge on any atom is -0.337 e. The standard InChI is InChI=1S/C27H43N3O4S/c1-18(2)25(28-35(33,34)26-20(4)15-19(3)16-21(26)5)27(32)29-13-14-30(22(6)17-29)24(31)12-11-23-9-7-8-10-23/h15-16,18,22-23,25,28H,7-14,17H2,1-6H3. The van der Waals surface area contributed by atoms with Crippen molar-refractivity contribution in [3.8, 4) is 0 Å². The molecule has 0 bridgehead atoms. The Morgan fingerprint density at radius 1 is 1.06 bits per heavy atom. The van der Waals surface area contributed by atoms with E-state index in [9.17, 15) is 18.0 Å². The first kappa shape index (κ1) is 27.7. The van der Waals surface area contributed by atoms with Gasteiger partial charge in [-0.25, -0.2) is 8.42 Å². The van der Waals surface area contributed by atoms with Gasteiger partial charge in [-0.1, -0.05) is 57.2 Å². The summed E-state index contributed by atoms with van der Waals surface area (Å²) in [6, 6.07) is 2.74. The van der Waals surface area contributed by atoms with Crippen LogP contribution in [0, 0.1) is 32.6 Å². The number of amides is 2. The smallest absolute Gasteiger partial charge is 0.241 e. The second kappa shape index (κ2) is 11.4. The fourth-order valence-electron chi connectivity index (χ4n) is 5.78. The third kappa shape index (κ3) is 6.64. The predicted molar refractivity (Wildman–Crippen MR) is 139 cm³/mol. The molecule has 8 heteroatoms. The number of aryl methyl sites for hydroxylation is 3. The number of carbonyl (C=O) groups is 2. The van der Waals surface area contributed by atoms with Crippen molar-refractivity contribution in [1.82, 2.24) is 14.5 Å². The van der Waals surface area contributed by atoms with E-state index in [2.05, 4.69) is 4.72 Å². The molecule has 1 aliphatic heterocycles. The Bertz CT molecular complexity index is 1010. The van der Waals surface area contributed by atoms with Gasteiger partial charge in [0.1, 0.15) is 6.04 Å². The van der Waals surface area contributed by atoms with Gasteiger partial charge in [-0.05, 0) is 57.1 Å². The van der Waals surface area contributed by atoms with Gasteiger partial charge in [0.25, 0.3) is 0 Å². The van der Waals surface area contributed by atoms with E-state index >= 15 is 0 Å². The lowest BCUT2D eigenvalue weighted by Gasteiger charge is -2.41. The van der Waals surface area contributed by atoms with E-state index in [4.69, 9.17) is 0 Å². The van der Waals surface area contributed by atoms with Crippen LogP contribution in [0.4, 0.5) is 0 Å². The Balaban J connectivity index is 1.66. The topological polar surface area (TPSA) is 86.8 Å². The van der Waals surface area contributed by atoms with Crippen LogP contribution in [0.25, 0.3) is 0 Å². The molecule has 2 aliphatic rings. The molecule has 7 nitrogen and oxygen atoms in total. The maximum absolute atomic E-state index is 13.5. The number of nitrogens with one attached hydrogen (secondary N) is 1. The summed E-state index contributed by atoms with van der Waals surface area (Å²) in [5, 5.41) is 0. The van der Waals surface area contributed by atoms with Crippen molar-refractivity contribution in [3.63, 3.8) is 0 Å². The molecule has 2 atom stereocenters. The summed E-state index contributed by atoms with van der Waals surface area (Å²) < 4.78 is 29.4. The molecule has 0 radical (unpaired) electrons. The first-order valence-corrected chi connectivity index (χ1v) is 14.6. The molecule has 1 aromatic rings. The monoisotopic (exact) mass is 505 g/mol. The molecule has 1 saturated carbocycles. The molecule has 1 saturated heterocycles. The van der Waals surface area contributed by atoms with E-state index < -0.39 is 16.1 Å². The first-order valence-electron chi connectivity index (χ1n) is 13.1. The SMILES string of the molecule is Cc1cc(C)c(S(=O)(=O)NC(C(=O)N2CCN(C(=O)CCC3CCCC3)C(C)C2)C(C)C)c(C)c1. The zero-order valence-electron chi connectivity index (χ0n) is 22.3. The third-order valence-corrected chi connectivity index (χ3v) is 9.33. The van der Waals surface area contributed by atoms with Crippen LogP contribution >= 0.6 is 0 Å². The Morgan fingerprint density at radius 2 is 1.66 bits per heavy atom. The summed E-state index contributed by atoms with van der Waals surface area (Å²) in [5.41, 5.74) is 2.34. The molecule has 1 heterocycles. The van der Waals surface area contributed by atoms with E-state index in [0.717, 1.165) is 12.0 Å². The molecule has 0 aromatic heterocycles.